The fourth-order valence-electron chi connectivity index (χ4n) is 4.60. The number of fused-ring (bicyclic) bond motifs is 1. The number of piperidine rings is 1. The van der Waals surface area contributed by atoms with Gasteiger partial charge in [0.1, 0.15) is 0 Å². The minimum absolute atomic E-state index is 0.00854. The lowest BCUT2D eigenvalue weighted by Crippen LogP contribution is -2.35. The molecule has 0 saturated carbocycles. The summed E-state index contributed by atoms with van der Waals surface area (Å²) in [5, 5.41) is 9.47. The Hall–Kier alpha value is -3.73. The van der Waals surface area contributed by atoms with Gasteiger partial charge in [-0.05, 0) is 43.1 Å². The number of aliphatic hydroxyl groups is 1. The Labute approximate surface area is 199 Å². The Morgan fingerprint density at radius 3 is 2.59 bits per heavy atom. The lowest BCUT2D eigenvalue weighted by Gasteiger charge is -2.29. The Bertz CT molecular complexity index is 1320. The molecule has 1 atom stereocenters. The van der Waals surface area contributed by atoms with Gasteiger partial charge in [-0.3, -0.25) is 4.40 Å². The van der Waals surface area contributed by atoms with Crippen molar-refractivity contribution in [3.05, 3.63) is 77.9 Å². The molecule has 1 N–H and O–H groups in total. The zero-order valence-corrected chi connectivity index (χ0v) is 19.2. The molecule has 1 saturated heterocycles. The molecule has 0 radical (unpaired) electrons. The summed E-state index contributed by atoms with van der Waals surface area (Å²) in [7, 11) is 2.15. The maximum absolute atomic E-state index is 9.47. The number of nitrogens with zero attached hydrogens (tertiary/aromatic N) is 5. The number of ether oxygens (including phenoxy) is 1. The molecule has 4 aromatic rings. The molecule has 0 amide bonds. The molecule has 7 nitrogen and oxygen atoms in total. The van der Waals surface area contributed by atoms with E-state index in [4.69, 9.17) is 16.3 Å². The van der Waals surface area contributed by atoms with Gasteiger partial charge in [-0.25, -0.2) is 9.83 Å². The minimum atomic E-state index is -0.00854. The van der Waals surface area contributed by atoms with E-state index in [2.05, 4.69) is 21.8 Å². The van der Waals surface area contributed by atoms with Crippen LogP contribution in [0, 0.1) is 12.5 Å². The highest BCUT2D eigenvalue weighted by molar-refractivity contribution is 5.90. The first-order chi connectivity index (χ1) is 16.7. The van der Waals surface area contributed by atoms with Crippen molar-refractivity contribution >= 4 is 11.3 Å². The molecular formula is C27H27N5O2. The van der Waals surface area contributed by atoms with Crippen molar-refractivity contribution in [3.63, 3.8) is 0 Å². The first-order valence-corrected chi connectivity index (χ1v) is 11.5. The summed E-state index contributed by atoms with van der Waals surface area (Å²) in [5.41, 5.74) is 5.66. The molecule has 0 unspecified atom stereocenters. The summed E-state index contributed by atoms with van der Waals surface area (Å²) in [6, 6.07) is 15.7. The number of hydrogen-bond donors (Lipinski definition) is 1. The second kappa shape index (κ2) is 9.64. The number of aromatic nitrogens is 3. The lowest BCUT2D eigenvalue weighted by molar-refractivity contribution is 0.143. The highest BCUT2D eigenvalue weighted by atomic mass is 16.5. The van der Waals surface area contributed by atoms with Crippen LogP contribution in [0.25, 0.3) is 32.9 Å². The highest BCUT2D eigenvalue weighted by Crippen LogP contribution is 2.36. The molecule has 5 rings (SSSR count). The van der Waals surface area contributed by atoms with Crippen molar-refractivity contribution in [3.8, 4) is 28.4 Å². The van der Waals surface area contributed by atoms with Crippen molar-refractivity contribution < 1.29 is 9.84 Å². The van der Waals surface area contributed by atoms with E-state index >= 15 is 0 Å². The van der Waals surface area contributed by atoms with Crippen molar-refractivity contribution in [2.75, 3.05) is 26.7 Å². The van der Waals surface area contributed by atoms with E-state index in [1.165, 1.54) is 6.42 Å². The van der Waals surface area contributed by atoms with Gasteiger partial charge in [0.25, 0.3) is 0 Å². The SMILES string of the molecule is [C-]#[N+]c1ccc(-c2nc(OC[C@@H]3CCCN(C)C3)n3ccnc3c2-c2ccc(CO)cc2)cc1. The maximum Gasteiger partial charge on any atom is 0.302 e. The Morgan fingerprint density at radius 2 is 1.88 bits per heavy atom. The van der Waals surface area contributed by atoms with Crippen LogP contribution in [0.2, 0.25) is 0 Å². The van der Waals surface area contributed by atoms with Crippen LogP contribution < -0.4 is 4.74 Å². The second-order valence-electron chi connectivity index (χ2n) is 8.83. The summed E-state index contributed by atoms with van der Waals surface area (Å²) in [4.78, 5) is 15.5. The summed E-state index contributed by atoms with van der Waals surface area (Å²) >= 11 is 0. The monoisotopic (exact) mass is 453 g/mol. The summed E-state index contributed by atoms with van der Waals surface area (Å²) in [5.74, 6) is 0.464. The Kier molecular flexibility index (Phi) is 6.26. The van der Waals surface area contributed by atoms with Crippen LogP contribution in [0.4, 0.5) is 5.69 Å². The summed E-state index contributed by atoms with van der Waals surface area (Å²) in [6.07, 6.45) is 5.97. The topological polar surface area (TPSA) is 67.2 Å². The molecule has 172 valence electrons. The summed E-state index contributed by atoms with van der Waals surface area (Å²) in [6.45, 7) is 10.0. The van der Waals surface area contributed by atoms with Gasteiger partial charge in [0.2, 0.25) is 0 Å². The molecular weight excluding hydrogens is 426 g/mol. The standard InChI is InChI=1S/C27H27N5O2/c1-28-23-11-9-22(10-12-23)25-24(21-7-5-19(17-33)6-8-21)26-29-13-15-32(26)27(30-25)34-18-20-4-3-14-31(2)16-20/h5-13,15,20,33H,3-4,14,16-18H2,2H3/t20-/m1/s1. The third kappa shape index (κ3) is 4.38. The van der Waals surface area contributed by atoms with E-state index in [0.29, 0.717) is 24.2 Å². The maximum atomic E-state index is 9.47. The first-order valence-electron chi connectivity index (χ1n) is 11.5. The van der Waals surface area contributed by atoms with Crippen LogP contribution in [0.1, 0.15) is 18.4 Å². The van der Waals surface area contributed by atoms with E-state index < -0.39 is 0 Å². The average Bonchev–Trinajstić information content (AvgIpc) is 3.37. The van der Waals surface area contributed by atoms with Crippen LogP contribution in [0.5, 0.6) is 6.01 Å². The molecule has 0 spiro atoms. The fourth-order valence-corrected chi connectivity index (χ4v) is 4.60. The van der Waals surface area contributed by atoms with Gasteiger partial charge >= 0.3 is 6.01 Å². The molecule has 34 heavy (non-hydrogen) atoms. The predicted octanol–water partition coefficient (Wildman–Crippen LogP) is 4.83. The van der Waals surface area contributed by atoms with E-state index in [9.17, 15) is 5.11 Å². The Balaban J connectivity index is 1.61. The molecule has 0 bridgehead atoms. The minimum Gasteiger partial charge on any atom is -0.464 e. The largest absolute Gasteiger partial charge is 0.464 e. The third-order valence-electron chi connectivity index (χ3n) is 6.38. The molecule has 1 aliphatic rings. The van der Waals surface area contributed by atoms with Crippen molar-refractivity contribution in [2.45, 2.75) is 19.4 Å². The zero-order valence-electron chi connectivity index (χ0n) is 19.2. The van der Waals surface area contributed by atoms with Crippen molar-refractivity contribution in [1.29, 1.82) is 0 Å². The van der Waals surface area contributed by atoms with Crippen molar-refractivity contribution in [2.24, 2.45) is 5.92 Å². The molecule has 7 heteroatoms. The fraction of sp³-hybridized carbons (Fsp3) is 0.296. The highest BCUT2D eigenvalue weighted by Gasteiger charge is 2.22. The Morgan fingerprint density at radius 1 is 1.12 bits per heavy atom. The zero-order chi connectivity index (χ0) is 23.5. The van der Waals surface area contributed by atoms with Gasteiger partial charge in [-0.1, -0.05) is 48.5 Å². The van der Waals surface area contributed by atoms with Crippen LogP contribution in [-0.4, -0.2) is 51.1 Å². The molecule has 1 aliphatic heterocycles. The quantitative estimate of drug-likeness (QED) is 0.424. The van der Waals surface area contributed by atoms with Crippen molar-refractivity contribution in [1.82, 2.24) is 19.3 Å². The smallest absolute Gasteiger partial charge is 0.302 e. The molecule has 2 aromatic heterocycles. The summed E-state index contributed by atoms with van der Waals surface area (Å²) < 4.78 is 8.21. The van der Waals surface area contributed by atoms with Crippen LogP contribution in [-0.2, 0) is 6.61 Å². The second-order valence-corrected chi connectivity index (χ2v) is 8.83. The van der Waals surface area contributed by atoms with Gasteiger partial charge in [0, 0.05) is 24.9 Å². The first kappa shape index (κ1) is 22.1. The lowest BCUT2D eigenvalue weighted by atomic mass is 9.99. The van der Waals surface area contributed by atoms with E-state index in [1.807, 2.05) is 47.0 Å². The number of benzene rings is 2. The van der Waals surface area contributed by atoms with Crippen LogP contribution in [0.15, 0.2) is 60.9 Å². The normalized spacial score (nSPS) is 16.4. The molecule has 0 aliphatic carbocycles. The average molecular weight is 454 g/mol. The van der Waals surface area contributed by atoms with Crippen LogP contribution in [0.3, 0.4) is 0 Å². The van der Waals surface area contributed by atoms with E-state index in [-0.39, 0.29) is 6.61 Å². The number of hydrogen-bond acceptors (Lipinski definition) is 5. The number of rotatable bonds is 6. The molecule has 3 heterocycles. The van der Waals surface area contributed by atoms with Gasteiger partial charge in [-0.2, -0.15) is 4.98 Å². The molecule has 2 aromatic carbocycles. The number of likely N-dealkylation sites (tertiary alicyclic amines) is 1. The molecule has 1 fully saturated rings. The van der Waals surface area contributed by atoms with Crippen LogP contribution >= 0.6 is 0 Å². The predicted molar refractivity (Wildman–Crippen MR) is 132 cm³/mol. The van der Waals surface area contributed by atoms with Gasteiger partial charge in [0.05, 0.1) is 31.0 Å². The van der Waals surface area contributed by atoms with Gasteiger partial charge in [-0.15, -0.1) is 0 Å². The number of imidazole rings is 1. The van der Waals surface area contributed by atoms with E-state index in [0.717, 1.165) is 53.1 Å². The van der Waals surface area contributed by atoms with Gasteiger partial charge < -0.3 is 14.7 Å². The number of aliphatic hydroxyl groups excluding tert-OH is 1. The van der Waals surface area contributed by atoms with Gasteiger partial charge in [0.15, 0.2) is 11.3 Å². The third-order valence-corrected chi connectivity index (χ3v) is 6.38. The van der Waals surface area contributed by atoms with E-state index in [1.54, 1.807) is 18.3 Å².